The van der Waals surface area contributed by atoms with Crippen molar-refractivity contribution in [3.05, 3.63) is 46.2 Å². The van der Waals surface area contributed by atoms with Crippen LogP contribution in [0.1, 0.15) is 34.3 Å². The Morgan fingerprint density at radius 3 is 2.77 bits per heavy atom. The van der Waals surface area contributed by atoms with E-state index in [4.69, 9.17) is 11.6 Å². The van der Waals surface area contributed by atoms with Crippen LogP contribution in [0.4, 0.5) is 19.0 Å². The van der Waals surface area contributed by atoms with Gasteiger partial charge in [0.05, 0.1) is 6.54 Å². The van der Waals surface area contributed by atoms with Gasteiger partial charge in [0.2, 0.25) is 11.8 Å². The molecule has 2 aliphatic rings. The van der Waals surface area contributed by atoms with Crippen LogP contribution < -0.4 is 10.1 Å². The van der Waals surface area contributed by atoms with Crippen LogP contribution in [-0.2, 0) is 17.9 Å². The quantitative estimate of drug-likeness (QED) is 0.742. The molecule has 30 heavy (non-hydrogen) atoms. The van der Waals surface area contributed by atoms with Gasteiger partial charge in [0.1, 0.15) is 10.8 Å². The number of hydrogen-bond donors (Lipinski definition) is 1. The lowest BCUT2D eigenvalue weighted by atomic mass is 10.1. The molecular formula is C19H16ClF3N4O3. The van der Waals surface area contributed by atoms with Crippen molar-refractivity contribution in [3.8, 4) is 5.88 Å². The van der Waals surface area contributed by atoms with Crippen LogP contribution in [0.2, 0.25) is 5.02 Å². The minimum absolute atomic E-state index is 0.00200. The summed E-state index contributed by atoms with van der Waals surface area (Å²) in [7, 11) is 0. The zero-order chi connectivity index (χ0) is 21.5. The number of amides is 2. The lowest BCUT2D eigenvalue weighted by Gasteiger charge is -2.16. The molecule has 4 rings (SSSR count). The first-order valence-corrected chi connectivity index (χ1v) is 9.51. The third-order valence-electron chi connectivity index (χ3n) is 4.72. The van der Waals surface area contributed by atoms with Crippen LogP contribution in [0.3, 0.4) is 0 Å². The number of pyridine rings is 2. The average Bonchev–Trinajstić information content (AvgIpc) is 3.47. The molecule has 0 unspecified atom stereocenters. The Labute approximate surface area is 174 Å². The highest BCUT2D eigenvalue weighted by atomic mass is 35.5. The monoisotopic (exact) mass is 440 g/mol. The number of carbonyl (C=O) groups is 2. The molecule has 0 saturated heterocycles. The largest absolute Gasteiger partial charge is 0.467 e. The van der Waals surface area contributed by atoms with E-state index in [1.54, 1.807) is 6.07 Å². The second kappa shape index (κ2) is 7.75. The maximum absolute atomic E-state index is 12.7. The molecule has 2 aromatic rings. The van der Waals surface area contributed by atoms with Crippen molar-refractivity contribution >= 4 is 29.2 Å². The van der Waals surface area contributed by atoms with Crippen molar-refractivity contribution in [2.75, 3.05) is 11.9 Å². The molecule has 1 aliphatic carbocycles. The standard InChI is InChI=1S/C19H16ClF3N4O3/c20-14-5-10(6-25-17(14)30-9-19(21,22)23)7-27-8-13-12(18(27)29)3-4-24-15(13)26-16(28)11-1-2-11/h3-6,11H,1-2,7-9H2,(H,24,26,28). The highest BCUT2D eigenvalue weighted by Gasteiger charge is 2.34. The highest BCUT2D eigenvalue weighted by molar-refractivity contribution is 6.31. The number of nitrogens with zero attached hydrogens (tertiary/aromatic N) is 3. The molecule has 3 heterocycles. The van der Waals surface area contributed by atoms with Gasteiger partial charge in [-0.3, -0.25) is 9.59 Å². The summed E-state index contributed by atoms with van der Waals surface area (Å²) in [5.74, 6) is -0.312. The summed E-state index contributed by atoms with van der Waals surface area (Å²) >= 11 is 5.97. The van der Waals surface area contributed by atoms with Crippen molar-refractivity contribution in [2.45, 2.75) is 32.1 Å². The fourth-order valence-corrected chi connectivity index (χ4v) is 3.36. The molecule has 1 saturated carbocycles. The van der Waals surface area contributed by atoms with Crippen molar-refractivity contribution < 1.29 is 27.5 Å². The summed E-state index contributed by atoms with van der Waals surface area (Å²) in [5.41, 5.74) is 1.60. The lowest BCUT2D eigenvalue weighted by Crippen LogP contribution is -2.23. The molecule has 0 aromatic carbocycles. The van der Waals surface area contributed by atoms with Crippen LogP contribution in [-0.4, -0.2) is 39.5 Å². The molecule has 2 amide bonds. The summed E-state index contributed by atoms with van der Waals surface area (Å²) in [6.45, 7) is -1.14. The molecule has 11 heteroatoms. The molecule has 2 aromatic heterocycles. The summed E-state index contributed by atoms with van der Waals surface area (Å²) in [5, 5.41) is 2.70. The van der Waals surface area contributed by atoms with Gasteiger partial charge in [0.25, 0.3) is 5.91 Å². The van der Waals surface area contributed by atoms with Crippen LogP contribution in [0.25, 0.3) is 0 Å². The number of alkyl halides is 3. The maximum atomic E-state index is 12.7. The van der Waals surface area contributed by atoms with E-state index in [2.05, 4.69) is 20.0 Å². The summed E-state index contributed by atoms with van der Waals surface area (Å²) in [4.78, 5) is 34.3. The van der Waals surface area contributed by atoms with Crippen LogP contribution in [0, 0.1) is 5.92 Å². The minimum atomic E-state index is -4.50. The first-order valence-electron chi connectivity index (χ1n) is 9.13. The molecule has 0 radical (unpaired) electrons. The normalized spacial score (nSPS) is 15.9. The average molecular weight is 441 g/mol. The smallest absolute Gasteiger partial charge is 0.422 e. The van der Waals surface area contributed by atoms with Gasteiger partial charge >= 0.3 is 6.18 Å². The maximum Gasteiger partial charge on any atom is 0.422 e. The van der Waals surface area contributed by atoms with E-state index in [1.807, 2.05) is 0 Å². The molecule has 158 valence electrons. The Morgan fingerprint density at radius 1 is 1.33 bits per heavy atom. The van der Waals surface area contributed by atoms with E-state index in [0.29, 0.717) is 22.5 Å². The van der Waals surface area contributed by atoms with Gasteiger partial charge in [-0.2, -0.15) is 13.2 Å². The number of anilines is 1. The topological polar surface area (TPSA) is 84.4 Å². The molecule has 0 spiro atoms. The number of fused-ring (bicyclic) bond motifs is 1. The highest BCUT2D eigenvalue weighted by Crippen LogP contribution is 2.33. The van der Waals surface area contributed by atoms with Crippen molar-refractivity contribution in [3.63, 3.8) is 0 Å². The molecule has 1 fully saturated rings. The van der Waals surface area contributed by atoms with Gasteiger partial charge in [-0.25, -0.2) is 9.97 Å². The van der Waals surface area contributed by atoms with Gasteiger partial charge in [-0.1, -0.05) is 11.6 Å². The van der Waals surface area contributed by atoms with Crippen molar-refractivity contribution in [1.82, 2.24) is 14.9 Å². The third-order valence-corrected chi connectivity index (χ3v) is 4.99. The van der Waals surface area contributed by atoms with E-state index in [-0.39, 0.29) is 41.7 Å². The second-order valence-electron chi connectivity index (χ2n) is 7.14. The van der Waals surface area contributed by atoms with Gasteiger partial charge in [-0.15, -0.1) is 0 Å². The van der Waals surface area contributed by atoms with E-state index in [0.717, 1.165) is 12.8 Å². The van der Waals surface area contributed by atoms with E-state index < -0.39 is 12.8 Å². The van der Waals surface area contributed by atoms with Crippen LogP contribution >= 0.6 is 11.6 Å². The van der Waals surface area contributed by atoms with Gasteiger partial charge in [0.15, 0.2) is 6.61 Å². The predicted octanol–water partition coefficient (Wildman–Crippen LogP) is 3.58. The molecule has 7 nitrogen and oxygen atoms in total. The Morgan fingerprint density at radius 2 is 2.10 bits per heavy atom. The number of hydrogen-bond acceptors (Lipinski definition) is 5. The van der Waals surface area contributed by atoms with Crippen LogP contribution in [0.15, 0.2) is 24.5 Å². The van der Waals surface area contributed by atoms with E-state index in [9.17, 15) is 22.8 Å². The Bertz CT molecular complexity index is 1010. The summed E-state index contributed by atoms with van der Waals surface area (Å²) in [6, 6.07) is 2.99. The van der Waals surface area contributed by atoms with Gasteiger partial charge in [0, 0.05) is 36.0 Å². The first-order chi connectivity index (χ1) is 14.2. The number of nitrogens with one attached hydrogen (secondary N) is 1. The molecule has 0 bridgehead atoms. The first kappa shape index (κ1) is 20.4. The number of aromatic nitrogens is 2. The molecule has 0 atom stereocenters. The number of ether oxygens (including phenoxy) is 1. The fraction of sp³-hybridized carbons (Fsp3) is 0.368. The van der Waals surface area contributed by atoms with Gasteiger partial charge < -0.3 is 15.0 Å². The van der Waals surface area contributed by atoms with Crippen LogP contribution in [0.5, 0.6) is 5.88 Å². The zero-order valence-electron chi connectivity index (χ0n) is 15.5. The summed E-state index contributed by atoms with van der Waals surface area (Å²) < 4.78 is 41.4. The van der Waals surface area contributed by atoms with Crippen molar-refractivity contribution in [2.24, 2.45) is 5.92 Å². The Hall–Kier alpha value is -2.88. The number of halogens is 4. The predicted molar refractivity (Wildman–Crippen MR) is 100.0 cm³/mol. The molecular weight excluding hydrogens is 425 g/mol. The van der Waals surface area contributed by atoms with Crippen molar-refractivity contribution in [1.29, 1.82) is 0 Å². The minimum Gasteiger partial charge on any atom is -0.467 e. The number of rotatable bonds is 6. The van der Waals surface area contributed by atoms with Gasteiger partial charge in [-0.05, 0) is 30.5 Å². The summed E-state index contributed by atoms with van der Waals surface area (Å²) in [6.07, 6.45) is -0.0291. The Kier molecular flexibility index (Phi) is 5.27. The SMILES string of the molecule is O=C(Nc1nccc2c1CN(Cc1cnc(OCC(F)(F)F)c(Cl)c1)C2=O)C1CC1. The molecule has 1 N–H and O–H groups in total. The fourth-order valence-electron chi connectivity index (χ4n) is 3.11. The zero-order valence-corrected chi connectivity index (χ0v) is 16.3. The van der Waals surface area contributed by atoms with E-state index >= 15 is 0 Å². The van der Waals surface area contributed by atoms with E-state index in [1.165, 1.54) is 23.4 Å². The lowest BCUT2D eigenvalue weighted by molar-refractivity contribution is -0.154. The third kappa shape index (κ3) is 4.48. The Balaban J connectivity index is 1.46. The molecule has 1 aliphatic heterocycles. The second-order valence-corrected chi connectivity index (χ2v) is 7.55. The number of carbonyl (C=O) groups excluding carboxylic acids is 2.